The molecule has 32 heavy (non-hydrogen) atoms. The van der Waals surface area contributed by atoms with Crippen molar-refractivity contribution in [1.29, 1.82) is 0 Å². The largest absolute Gasteiger partial charge is 0.352 e. The van der Waals surface area contributed by atoms with Gasteiger partial charge in [0.15, 0.2) is 0 Å². The van der Waals surface area contributed by atoms with Crippen molar-refractivity contribution >= 4 is 39.9 Å². The quantitative estimate of drug-likeness (QED) is 0.333. The Morgan fingerprint density at radius 1 is 0.969 bits per heavy atom. The zero-order valence-corrected chi connectivity index (χ0v) is 19.0. The minimum absolute atomic E-state index is 0.115. The number of carbonyl (C=O) groups is 1. The summed E-state index contributed by atoms with van der Waals surface area (Å²) in [4.78, 5) is 17.7. The first-order valence-corrected chi connectivity index (χ1v) is 11.2. The number of halogens is 1. The Balaban J connectivity index is 1.53. The lowest BCUT2D eigenvalue weighted by Gasteiger charge is -2.13. The molecule has 1 amide bonds. The molecule has 1 aromatic heterocycles. The van der Waals surface area contributed by atoms with Gasteiger partial charge in [0.05, 0.1) is 11.1 Å². The van der Waals surface area contributed by atoms with Crippen molar-refractivity contribution in [1.82, 2.24) is 10.3 Å². The second-order valence-corrected chi connectivity index (χ2v) is 8.54. The Labute approximate surface area is 193 Å². The Hall–Kier alpha value is -3.37. The summed E-state index contributed by atoms with van der Waals surface area (Å²) < 4.78 is 0. The molecular weight excluding hydrogens is 418 g/mol. The van der Waals surface area contributed by atoms with Crippen molar-refractivity contribution in [3.63, 3.8) is 0 Å². The first kappa shape index (κ1) is 21.8. The molecular formula is C27H26ClN3O. The molecule has 0 saturated carbocycles. The van der Waals surface area contributed by atoms with E-state index in [9.17, 15) is 4.79 Å². The van der Waals surface area contributed by atoms with Crippen LogP contribution in [0.2, 0.25) is 5.02 Å². The van der Waals surface area contributed by atoms with Gasteiger partial charge in [-0.2, -0.15) is 0 Å². The number of hydrogen-bond acceptors (Lipinski definition) is 3. The van der Waals surface area contributed by atoms with Crippen LogP contribution >= 0.6 is 11.6 Å². The van der Waals surface area contributed by atoms with Crippen molar-refractivity contribution in [2.75, 3.05) is 11.9 Å². The zero-order valence-electron chi connectivity index (χ0n) is 18.2. The van der Waals surface area contributed by atoms with E-state index in [-0.39, 0.29) is 5.91 Å². The summed E-state index contributed by atoms with van der Waals surface area (Å²) in [6.07, 6.45) is 0.735. The fourth-order valence-electron chi connectivity index (χ4n) is 3.59. The number of amides is 1. The molecule has 0 aliphatic heterocycles. The molecule has 162 valence electrons. The van der Waals surface area contributed by atoms with Crippen molar-refractivity contribution in [3.05, 3.63) is 101 Å². The molecule has 0 unspecified atom stereocenters. The Bertz CT molecular complexity index is 1220. The van der Waals surface area contributed by atoms with E-state index in [1.807, 2.05) is 66.7 Å². The van der Waals surface area contributed by atoms with Crippen LogP contribution in [0.5, 0.6) is 0 Å². The second kappa shape index (κ2) is 9.84. The van der Waals surface area contributed by atoms with E-state index in [4.69, 9.17) is 16.6 Å². The van der Waals surface area contributed by atoms with Crippen molar-refractivity contribution in [2.45, 2.75) is 26.2 Å². The van der Waals surface area contributed by atoms with Crippen molar-refractivity contribution in [2.24, 2.45) is 0 Å². The Kier molecular flexibility index (Phi) is 6.72. The highest BCUT2D eigenvalue weighted by molar-refractivity contribution is 6.30. The first-order chi connectivity index (χ1) is 15.5. The lowest BCUT2D eigenvalue weighted by molar-refractivity contribution is 0.0955. The van der Waals surface area contributed by atoms with Crippen LogP contribution in [-0.2, 0) is 6.42 Å². The fraction of sp³-hybridized carbons (Fsp3) is 0.185. The number of fused-ring (bicyclic) bond motifs is 1. The standard InChI is InChI=1S/C27H26ClN3O/c1-18(2)20-9-13-22(14-10-20)30-26-17-24(23-5-3-4-6-25(23)31-26)27(32)29-16-15-19-7-11-21(28)12-8-19/h3-14,17-18H,15-16H2,1-2H3,(H,29,32)(H,30,31). The minimum Gasteiger partial charge on any atom is -0.352 e. The third-order valence-corrected chi connectivity index (χ3v) is 5.68. The average molecular weight is 444 g/mol. The van der Waals surface area contributed by atoms with Crippen LogP contribution in [0.1, 0.15) is 41.3 Å². The predicted molar refractivity (Wildman–Crippen MR) is 133 cm³/mol. The number of anilines is 2. The smallest absolute Gasteiger partial charge is 0.252 e. The number of nitrogens with zero attached hydrogens (tertiary/aromatic N) is 1. The number of benzene rings is 3. The van der Waals surface area contributed by atoms with Crippen LogP contribution in [-0.4, -0.2) is 17.4 Å². The molecule has 3 aromatic carbocycles. The van der Waals surface area contributed by atoms with Crippen LogP contribution < -0.4 is 10.6 Å². The van der Waals surface area contributed by atoms with Gasteiger partial charge < -0.3 is 10.6 Å². The van der Waals surface area contributed by atoms with Gasteiger partial charge in [0.1, 0.15) is 5.82 Å². The summed E-state index contributed by atoms with van der Waals surface area (Å²) in [6.45, 7) is 4.88. The topological polar surface area (TPSA) is 54.0 Å². The van der Waals surface area contributed by atoms with Crippen molar-refractivity contribution in [3.8, 4) is 0 Å². The van der Waals surface area contributed by atoms with E-state index in [1.54, 1.807) is 0 Å². The molecule has 0 spiro atoms. The van der Waals surface area contributed by atoms with Gasteiger partial charge in [0.2, 0.25) is 0 Å². The number of aromatic nitrogens is 1. The molecule has 0 radical (unpaired) electrons. The molecule has 4 nitrogen and oxygen atoms in total. The monoisotopic (exact) mass is 443 g/mol. The van der Waals surface area contributed by atoms with E-state index in [0.29, 0.717) is 28.9 Å². The van der Waals surface area contributed by atoms with Gasteiger partial charge in [-0.05, 0) is 59.9 Å². The zero-order chi connectivity index (χ0) is 22.5. The van der Waals surface area contributed by atoms with Crippen LogP contribution in [0, 0.1) is 0 Å². The van der Waals surface area contributed by atoms with Crippen LogP contribution in [0.25, 0.3) is 10.9 Å². The number of rotatable bonds is 7. The second-order valence-electron chi connectivity index (χ2n) is 8.11. The molecule has 1 heterocycles. The molecule has 0 bridgehead atoms. The summed E-state index contributed by atoms with van der Waals surface area (Å²) in [5.74, 6) is 1.01. The van der Waals surface area contributed by atoms with Crippen molar-refractivity contribution < 1.29 is 4.79 Å². The molecule has 0 fully saturated rings. The van der Waals surface area contributed by atoms with Gasteiger partial charge in [-0.25, -0.2) is 4.98 Å². The summed E-state index contributed by atoms with van der Waals surface area (Å²) in [6, 6.07) is 25.5. The number of para-hydroxylation sites is 1. The molecule has 0 atom stereocenters. The molecule has 5 heteroatoms. The highest BCUT2D eigenvalue weighted by Crippen LogP contribution is 2.24. The van der Waals surface area contributed by atoms with E-state index < -0.39 is 0 Å². The lowest BCUT2D eigenvalue weighted by Crippen LogP contribution is -2.26. The van der Waals surface area contributed by atoms with Gasteiger partial charge in [0.25, 0.3) is 5.91 Å². The van der Waals surface area contributed by atoms with E-state index in [1.165, 1.54) is 5.56 Å². The average Bonchev–Trinajstić information content (AvgIpc) is 2.80. The van der Waals surface area contributed by atoms with Crippen LogP contribution in [0.3, 0.4) is 0 Å². The van der Waals surface area contributed by atoms with Crippen LogP contribution in [0.15, 0.2) is 78.9 Å². The van der Waals surface area contributed by atoms with Gasteiger partial charge in [-0.1, -0.05) is 67.9 Å². The highest BCUT2D eigenvalue weighted by Gasteiger charge is 2.13. The molecule has 0 saturated heterocycles. The molecule has 0 aliphatic carbocycles. The maximum absolute atomic E-state index is 13.0. The third kappa shape index (κ3) is 5.27. The number of hydrogen-bond donors (Lipinski definition) is 2. The summed E-state index contributed by atoms with van der Waals surface area (Å²) in [5, 5.41) is 7.92. The highest BCUT2D eigenvalue weighted by atomic mass is 35.5. The summed E-state index contributed by atoms with van der Waals surface area (Å²) >= 11 is 5.94. The van der Waals surface area contributed by atoms with Crippen LogP contribution in [0.4, 0.5) is 11.5 Å². The predicted octanol–water partition coefficient (Wildman–Crippen LogP) is 6.73. The van der Waals surface area contributed by atoms with E-state index in [0.717, 1.165) is 28.6 Å². The van der Waals surface area contributed by atoms with Gasteiger partial charge in [-0.15, -0.1) is 0 Å². The lowest BCUT2D eigenvalue weighted by atomic mass is 10.0. The summed E-state index contributed by atoms with van der Waals surface area (Å²) in [5.41, 5.74) is 4.72. The van der Waals surface area contributed by atoms with Gasteiger partial charge in [-0.3, -0.25) is 4.79 Å². The SMILES string of the molecule is CC(C)c1ccc(Nc2cc(C(=O)NCCc3ccc(Cl)cc3)c3ccccc3n2)cc1. The molecule has 4 rings (SSSR count). The minimum atomic E-state index is -0.115. The maximum Gasteiger partial charge on any atom is 0.252 e. The molecule has 2 N–H and O–H groups in total. The number of carbonyl (C=O) groups excluding carboxylic acids is 1. The van der Waals surface area contributed by atoms with E-state index >= 15 is 0 Å². The molecule has 0 aliphatic rings. The fourth-order valence-corrected chi connectivity index (χ4v) is 3.72. The van der Waals surface area contributed by atoms with Gasteiger partial charge >= 0.3 is 0 Å². The summed E-state index contributed by atoms with van der Waals surface area (Å²) in [7, 11) is 0. The number of pyridine rings is 1. The normalized spacial score (nSPS) is 11.0. The first-order valence-electron chi connectivity index (χ1n) is 10.8. The Morgan fingerprint density at radius 3 is 2.41 bits per heavy atom. The van der Waals surface area contributed by atoms with Gasteiger partial charge in [0, 0.05) is 22.6 Å². The Morgan fingerprint density at radius 2 is 1.69 bits per heavy atom. The number of nitrogens with one attached hydrogen (secondary N) is 2. The third-order valence-electron chi connectivity index (χ3n) is 5.42. The maximum atomic E-state index is 13.0. The van der Waals surface area contributed by atoms with E-state index in [2.05, 4.69) is 36.6 Å². The molecule has 4 aromatic rings.